The van der Waals surface area contributed by atoms with Crippen LogP contribution in [0.25, 0.3) is 22.3 Å². The zero-order chi connectivity index (χ0) is 25.0. The number of imidazole rings is 1. The minimum Gasteiger partial charge on any atom is -0.475 e. The number of carbonyl (C=O) groups is 1. The Kier molecular flexibility index (Phi) is 7.40. The third-order valence-electron chi connectivity index (χ3n) is 4.80. The quantitative estimate of drug-likeness (QED) is 0.377. The Morgan fingerprint density at radius 3 is 2.56 bits per heavy atom. The summed E-state index contributed by atoms with van der Waals surface area (Å²) in [6.45, 7) is 4.70. The van der Waals surface area contributed by atoms with Crippen molar-refractivity contribution in [2.45, 2.75) is 26.4 Å². The van der Waals surface area contributed by atoms with Crippen molar-refractivity contribution in [1.29, 1.82) is 0 Å². The Morgan fingerprint density at radius 2 is 1.94 bits per heavy atom. The highest BCUT2D eigenvalue weighted by Gasteiger charge is 2.38. The van der Waals surface area contributed by atoms with E-state index in [0.717, 1.165) is 45.9 Å². The highest BCUT2D eigenvalue weighted by atomic mass is 35.5. The number of nitrogens with zero attached hydrogens (tertiary/aromatic N) is 5. The average Bonchev–Trinajstić information content (AvgIpc) is 3.26. The Labute approximate surface area is 197 Å². The first-order valence-corrected chi connectivity index (χ1v) is 10.3. The molecular weight excluding hydrogens is 475 g/mol. The number of carboxylic acids is 1. The van der Waals surface area contributed by atoms with E-state index in [0.29, 0.717) is 17.5 Å². The standard InChI is InChI=1S/C19H20ClN7.C2HF3O2/c1-11-18(12(2)27(3)26-11)15-6-8-21-19(25-15)22-9-7-17-23-14-5-4-13(20)10-16(14)24-17;3-2(4,5)1(6)7/h4-6,8,10H,7,9H2,1-3H3,(H,23,24)(H,21,22,25);(H,6,7). The summed E-state index contributed by atoms with van der Waals surface area (Å²) in [5, 5.41) is 15.6. The lowest BCUT2D eigenvalue weighted by atomic mass is 10.1. The molecule has 3 heterocycles. The number of anilines is 1. The van der Waals surface area contributed by atoms with Gasteiger partial charge in [0.25, 0.3) is 0 Å². The number of fused-ring (bicyclic) bond motifs is 1. The van der Waals surface area contributed by atoms with Gasteiger partial charge in [-0.05, 0) is 38.1 Å². The fraction of sp³-hybridized carbons (Fsp3) is 0.286. The van der Waals surface area contributed by atoms with Crippen LogP contribution in [0.1, 0.15) is 17.2 Å². The predicted octanol–water partition coefficient (Wildman–Crippen LogP) is 4.31. The molecule has 0 aliphatic carbocycles. The number of rotatable bonds is 5. The first-order valence-electron chi connectivity index (χ1n) is 9.97. The van der Waals surface area contributed by atoms with E-state index in [2.05, 4.69) is 30.4 Å². The molecule has 9 nitrogen and oxygen atoms in total. The van der Waals surface area contributed by atoms with Crippen LogP contribution in [-0.4, -0.2) is 53.5 Å². The molecule has 4 rings (SSSR count). The van der Waals surface area contributed by atoms with Crippen LogP contribution < -0.4 is 5.32 Å². The molecule has 4 aromatic rings. The fourth-order valence-electron chi connectivity index (χ4n) is 3.17. The minimum atomic E-state index is -5.08. The molecular formula is C21H21ClF3N7O2. The number of aliphatic carboxylic acids is 1. The molecule has 0 fully saturated rings. The van der Waals surface area contributed by atoms with E-state index >= 15 is 0 Å². The third-order valence-corrected chi connectivity index (χ3v) is 5.04. The number of benzene rings is 1. The number of H-pyrrole nitrogens is 1. The molecule has 0 saturated heterocycles. The predicted molar refractivity (Wildman–Crippen MR) is 121 cm³/mol. The van der Waals surface area contributed by atoms with Crippen molar-refractivity contribution >= 4 is 34.6 Å². The molecule has 34 heavy (non-hydrogen) atoms. The summed E-state index contributed by atoms with van der Waals surface area (Å²) in [7, 11) is 1.94. The summed E-state index contributed by atoms with van der Waals surface area (Å²) in [4.78, 5) is 25.7. The van der Waals surface area contributed by atoms with Gasteiger partial charge in [0.2, 0.25) is 5.95 Å². The Bertz CT molecular complexity index is 1320. The minimum absolute atomic E-state index is 0.592. The van der Waals surface area contributed by atoms with Gasteiger partial charge in [0, 0.05) is 42.5 Å². The first kappa shape index (κ1) is 25.0. The molecule has 3 N–H and O–H groups in total. The second-order valence-electron chi connectivity index (χ2n) is 7.26. The van der Waals surface area contributed by atoms with Crippen molar-refractivity contribution in [2.75, 3.05) is 11.9 Å². The summed E-state index contributed by atoms with van der Waals surface area (Å²) in [6, 6.07) is 7.54. The maximum atomic E-state index is 10.6. The van der Waals surface area contributed by atoms with Crippen LogP contribution in [0.5, 0.6) is 0 Å². The normalized spacial score (nSPS) is 11.3. The van der Waals surface area contributed by atoms with Crippen LogP contribution in [0.2, 0.25) is 5.02 Å². The molecule has 3 aromatic heterocycles. The molecule has 0 spiro atoms. The van der Waals surface area contributed by atoms with Crippen LogP contribution in [0, 0.1) is 13.8 Å². The smallest absolute Gasteiger partial charge is 0.475 e. The number of alkyl halides is 3. The second-order valence-corrected chi connectivity index (χ2v) is 7.70. The van der Waals surface area contributed by atoms with Crippen molar-refractivity contribution in [2.24, 2.45) is 7.05 Å². The summed E-state index contributed by atoms with van der Waals surface area (Å²) >= 11 is 6.02. The maximum Gasteiger partial charge on any atom is 0.490 e. The molecule has 0 aliphatic rings. The van der Waals surface area contributed by atoms with Gasteiger partial charge in [0.05, 0.1) is 22.4 Å². The fourth-order valence-corrected chi connectivity index (χ4v) is 3.35. The lowest BCUT2D eigenvalue weighted by molar-refractivity contribution is -0.192. The number of halogens is 4. The Balaban J connectivity index is 0.000000406. The molecule has 13 heteroatoms. The van der Waals surface area contributed by atoms with Crippen LogP contribution in [0.3, 0.4) is 0 Å². The maximum absolute atomic E-state index is 10.6. The second kappa shape index (κ2) is 10.1. The van der Waals surface area contributed by atoms with Gasteiger partial charge in [-0.3, -0.25) is 4.68 Å². The monoisotopic (exact) mass is 495 g/mol. The van der Waals surface area contributed by atoms with E-state index in [-0.39, 0.29) is 0 Å². The van der Waals surface area contributed by atoms with E-state index in [1.54, 1.807) is 6.20 Å². The number of aromatic amines is 1. The van der Waals surface area contributed by atoms with Crippen molar-refractivity contribution in [3.8, 4) is 11.3 Å². The summed E-state index contributed by atoms with van der Waals surface area (Å²) in [5.41, 5.74) is 5.82. The van der Waals surface area contributed by atoms with Crippen LogP contribution in [0.4, 0.5) is 19.1 Å². The van der Waals surface area contributed by atoms with E-state index < -0.39 is 12.1 Å². The van der Waals surface area contributed by atoms with E-state index in [1.807, 2.05) is 49.8 Å². The highest BCUT2D eigenvalue weighted by molar-refractivity contribution is 6.31. The number of nitrogens with one attached hydrogen (secondary N) is 2. The number of hydrogen-bond acceptors (Lipinski definition) is 6. The molecule has 0 saturated carbocycles. The van der Waals surface area contributed by atoms with E-state index in [9.17, 15) is 13.2 Å². The lowest BCUT2D eigenvalue weighted by Crippen LogP contribution is -2.21. The van der Waals surface area contributed by atoms with Gasteiger partial charge in [0.15, 0.2) is 0 Å². The van der Waals surface area contributed by atoms with Crippen molar-refractivity contribution in [1.82, 2.24) is 29.7 Å². The summed E-state index contributed by atoms with van der Waals surface area (Å²) < 4.78 is 33.6. The molecule has 0 atom stereocenters. The molecule has 0 aliphatic heterocycles. The Hall–Kier alpha value is -3.67. The van der Waals surface area contributed by atoms with Crippen LogP contribution in [0.15, 0.2) is 30.5 Å². The third kappa shape index (κ3) is 6.01. The largest absolute Gasteiger partial charge is 0.490 e. The van der Waals surface area contributed by atoms with Gasteiger partial charge in [0.1, 0.15) is 5.82 Å². The molecule has 0 amide bonds. The number of aryl methyl sites for hydroxylation is 2. The van der Waals surface area contributed by atoms with Gasteiger partial charge >= 0.3 is 12.1 Å². The molecule has 0 bridgehead atoms. The van der Waals surface area contributed by atoms with E-state index in [4.69, 9.17) is 21.5 Å². The molecule has 0 radical (unpaired) electrons. The highest BCUT2D eigenvalue weighted by Crippen LogP contribution is 2.25. The van der Waals surface area contributed by atoms with Crippen LogP contribution >= 0.6 is 11.6 Å². The molecule has 180 valence electrons. The number of carboxylic acid groups (broad SMARTS) is 1. The molecule has 1 aromatic carbocycles. The molecule has 0 unspecified atom stereocenters. The number of aromatic nitrogens is 6. The average molecular weight is 496 g/mol. The van der Waals surface area contributed by atoms with Gasteiger partial charge in [-0.15, -0.1) is 0 Å². The summed E-state index contributed by atoms with van der Waals surface area (Å²) in [5.74, 6) is -1.27. The first-order chi connectivity index (χ1) is 16.0. The zero-order valence-electron chi connectivity index (χ0n) is 18.4. The van der Waals surface area contributed by atoms with Gasteiger partial charge < -0.3 is 15.4 Å². The topological polar surface area (TPSA) is 122 Å². The van der Waals surface area contributed by atoms with Gasteiger partial charge in [-0.2, -0.15) is 18.3 Å². The Morgan fingerprint density at radius 1 is 1.24 bits per heavy atom. The van der Waals surface area contributed by atoms with Crippen molar-refractivity contribution in [3.05, 3.63) is 52.7 Å². The van der Waals surface area contributed by atoms with E-state index in [1.165, 1.54) is 0 Å². The lowest BCUT2D eigenvalue weighted by Gasteiger charge is -2.06. The van der Waals surface area contributed by atoms with Crippen molar-refractivity contribution in [3.63, 3.8) is 0 Å². The van der Waals surface area contributed by atoms with Gasteiger partial charge in [-0.25, -0.2) is 19.7 Å². The van der Waals surface area contributed by atoms with Crippen molar-refractivity contribution < 1.29 is 23.1 Å². The van der Waals surface area contributed by atoms with Gasteiger partial charge in [-0.1, -0.05) is 11.6 Å². The zero-order valence-corrected chi connectivity index (χ0v) is 19.2. The SMILES string of the molecule is Cc1nn(C)c(C)c1-c1ccnc(NCCc2nc3ccc(Cl)cc3[nH]2)n1.O=C(O)C(F)(F)F. The summed E-state index contributed by atoms with van der Waals surface area (Å²) in [6.07, 6.45) is -2.59. The van der Waals surface area contributed by atoms with Crippen LogP contribution in [-0.2, 0) is 18.3 Å². The number of hydrogen-bond donors (Lipinski definition) is 3.